The number of rotatable bonds is 4. The monoisotopic (exact) mass is 289 g/mol. The van der Waals surface area contributed by atoms with Crippen LogP contribution < -0.4 is 10.6 Å². The molecule has 1 aromatic heterocycles. The lowest BCUT2D eigenvalue weighted by Crippen LogP contribution is -2.35. The van der Waals surface area contributed by atoms with E-state index in [-0.39, 0.29) is 12.6 Å². The fraction of sp³-hybridized carbons (Fsp3) is 0.733. The summed E-state index contributed by atoms with van der Waals surface area (Å²) in [6, 6.07) is 2.49. The topological polar surface area (TPSA) is 91.1 Å². The Bertz CT molecular complexity index is 549. The Labute approximate surface area is 125 Å². The molecule has 1 aliphatic carbocycles. The Balaban J connectivity index is 1.85. The van der Waals surface area contributed by atoms with Crippen molar-refractivity contribution in [2.75, 3.05) is 30.3 Å². The molecular weight excluding hydrogens is 266 g/mol. The van der Waals surface area contributed by atoms with Crippen molar-refractivity contribution < 1.29 is 5.11 Å². The number of nitrogens with two attached hydrogens (primary N) is 1. The van der Waals surface area contributed by atoms with Gasteiger partial charge < -0.3 is 15.7 Å². The van der Waals surface area contributed by atoms with Crippen molar-refractivity contribution in [2.45, 2.75) is 38.6 Å². The largest absolute Gasteiger partial charge is 0.396 e. The molecule has 2 heterocycles. The maximum atomic E-state index is 9.43. The zero-order valence-electron chi connectivity index (χ0n) is 12.5. The smallest absolute Gasteiger partial charge is 0.170 e. The lowest BCUT2D eigenvalue weighted by Gasteiger charge is -2.31. The highest BCUT2D eigenvalue weighted by Gasteiger charge is 2.33. The lowest BCUT2D eigenvalue weighted by atomic mass is 9.98. The van der Waals surface area contributed by atoms with E-state index in [0.29, 0.717) is 23.2 Å². The van der Waals surface area contributed by atoms with Crippen molar-refractivity contribution in [1.29, 1.82) is 5.26 Å². The molecule has 1 atom stereocenters. The first kappa shape index (κ1) is 14.2. The van der Waals surface area contributed by atoms with E-state index in [1.54, 1.807) is 0 Å². The number of nitriles is 1. The maximum Gasteiger partial charge on any atom is 0.170 e. The van der Waals surface area contributed by atoms with Gasteiger partial charge in [-0.3, -0.25) is 0 Å². The van der Waals surface area contributed by atoms with Gasteiger partial charge in [0, 0.05) is 19.7 Å². The second-order valence-electron chi connectivity index (χ2n) is 6.33. The van der Waals surface area contributed by atoms with Crippen LogP contribution in [0.5, 0.6) is 0 Å². The minimum atomic E-state index is 0.244. The molecule has 1 unspecified atom stereocenters. The molecule has 114 valence electrons. The molecule has 2 fully saturated rings. The summed E-state index contributed by atoms with van der Waals surface area (Å²) in [4.78, 5) is 2.14. The second kappa shape index (κ2) is 5.57. The zero-order chi connectivity index (χ0) is 15.0. The molecule has 6 nitrogen and oxygen atoms in total. The molecule has 6 heteroatoms. The molecule has 1 saturated heterocycles. The van der Waals surface area contributed by atoms with Crippen molar-refractivity contribution in [3.05, 3.63) is 5.56 Å². The Kier molecular flexibility index (Phi) is 3.77. The van der Waals surface area contributed by atoms with E-state index in [2.05, 4.69) is 23.0 Å². The molecule has 3 N–H and O–H groups in total. The molecule has 0 radical (unpaired) electrons. The minimum absolute atomic E-state index is 0.244. The highest BCUT2D eigenvalue weighted by atomic mass is 16.3. The number of anilines is 2. The third-order valence-corrected chi connectivity index (χ3v) is 4.90. The third-order valence-electron chi connectivity index (χ3n) is 4.90. The average molecular weight is 289 g/mol. The molecule has 3 rings (SSSR count). The fourth-order valence-corrected chi connectivity index (χ4v) is 3.18. The molecule has 1 aliphatic heterocycles. The Hall–Kier alpha value is -1.74. The highest BCUT2D eigenvalue weighted by Crippen LogP contribution is 2.41. The second-order valence-corrected chi connectivity index (χ2v) is 6.33. The van der Waals surface area contributed by atoms with E-state index in [0.717, 1.165) is 31.7 Å². The summed E-state index contributed by atoms with van der Waals surface area (Å²) < 4.78 is 1.84. The molecule has 21 heavy (non-hydrogen) atoms. The van der Waals surface area contributed by atoms with E-state index in [1.807, 2.05) is 4.68 Å². The lowest BCUT2D eigenvalue weighted by molar-refractivity contribution is 0.202. The molecule has 2 aliphatic rings. The Morgan fingerprint density at radius 3 is 2.57 bits per heavy atom. The molecular formula is C15H23N5O. The van der Waals surface area contributed by atoms with Gasteiger partial charge in [0.1, 0.15) is 17.5 Å². The normalized spacial score (nSPS) is 21.3. The highest BCUT2D eigenvalue weighted by molar-refractivity contribution is 5.65. The zero-order valence-corrected chi connectivity index (χ0v) is 12.5. The van der Waals surface area contributed by atoms with E-state index in [4.69, 9.17) is 5.73 Å². The van der Waals surface area contributed by atoms with E-state index in [1.165, 1.54) is 12.8 Å². The van der Waals surface area contributed by atoms with Gasteiger partial charge in [0.05, 0.1) is 6.04 Å². The van der Waals surface area contributed by atoms with Crippen LogP contribution in [0.25, 0.3) is 0 Å². The summed E-state index contributed by atoms with van der Waals surface area (Å²) in [6.07, 6.45) is 4.32. The van der Waals surface area contributed by atoms with Crippen LogP contribution in [0.4, 0.5) is 11.6 Å². The van der Waals surface area contributed by atoms with E-state index in [9.17, 15) is 10.4 Å². The van der Waals surface area contributed by atoms with Gasteiger partial charge in [-0.1, -0.05) is 0 Å². The Morgan fingerprint density at radius 2 is 2.05 bits per heavy atom. The van der Waals surface area contributed by atoms with Crippen molar-refractivity contribution in [2.24, 2.45) is 11.8 Å². The summed E-state index contributed by atoms with van der Waals surface area (Å²) in [5.41, 5.74) is 6.66. The van der Waals surface area contributed by atoms with Crippen molar-refractivity contribution in [3.8, 4) is 6.07 Å². The summed E-state index contributed by atoms with van der Waals surface area (Å²) >= 11 is 0. The van der Waals surface area contributed by atoms with Crippen molar-refractivity contribution >= 4 is 11.6 Å². The van der Waals surface area contributed by atoms with E-state index >= 15 is 0 Å². The van der Waals surface area contributed by atoms with Gasteiger partial charge in [0.25, 0.3) is 0 Å². The predicted molar refractivity (Wildman–Crippen MR) is 80.8 cm³/mol. The first-order chi connectivity index (χ1) is 10.2. The number of hydrogen-bond acceptors (Lipinski definition) is 5. The molecule has 1 saturated carbocycles. The van der Waals surface area contributed by atoms with Gasteiger partial charge in [0.2, 0.25) is 0 Å². The summed E-state index contributed by atoms with van der Waals surface area (Å²) in [7, 11) is 0. The molecule has 0 bridgehead atoms. The number of aromatic nitrogens is 2. The van der Waals surface area contributed by atoms with E-state index < -0.39 is 0 Å². The Morgan fingerprint density at radius 1 is 1.38 bits per heavy atom. The first-order valence-electron chi connectivity index (χ1n) is 7.79. The van der Waals surface area contributed by atoms with Crippen LogP contribution in [0.3, 0.4) is 0 Å². The fourth-order valence-electron chi connectivity index (χ4n) is 3.18. The number of hydrogen-bond donors (Lipinski definition) is 2. The van der Waals surface area contributed by atoms with Crippen LogP contribution in [-0.4, -0.2) is 34.6 Å². The van der Waals surface area contributed by atoms with Crippen LogP contribution in [0.1, 0.15) is 44.2 Å². The van der Waals surface area contributed by atoms with Crippen LogP contribution in [0, 0.1) is 23.2 Å². The van der Waals surface area contributed by atoms with Gasteiger partial charge in [-0.25, -0.2) is 4.68 Å². The molecule has 1 aromatic rings. The number of nitrogen functional groups attached to an aromatic ring is 1. The molecule has 0 spiro atoms. The van der Waals surface area contributed by atoms with Gasteiger partial charge in [-0.2, -0.15) is 10.4 Å². The first-order valence-corrected chi connectivity index (χ1v) is 7.79. The van der Waals surface area contributed by atoms with Crippen LogP contribution in [0.2, 0.25) is 0 Å². The van der Waals surface area contributed by atoms with Gasteiger partial charge in [-0.15, -0.1) is 0 Å². The quantitative estimate of drug-likeness (QED) is 0.877. The number of aliphatic hydroxyl groups is 1. The predicted octanol–water partition coefficient (Wildman–Crippen LogP) is 1.52. The summed E-state index contributed by atoms with van der Waals surface area (Å²) in [6.45, 7) is 4.03. The number of aliphatic hydroxyl groups excluding tert-OH is 1. The van der Waals surface area contributed by atoms with Gasteiger partial charge >= 0.3 is 0 Å². The average Bonchev–Trinajstić information content (AvgIpc) is 3.30. The summed E-state index contributed by atoms with van der Waals surface area (Å²) in [5.74, 6) is 2.23. The van der Waals surface area contributed by atoms with Gasteiger partial charge in [-0.05, 0) is 44.4 Å². The molecule has 0 aromatic carbocycles. The number of piperidine rings is 1. The minimum Gasteiger partial charge on any atom is -0.396 e. The van der Waals surface area contributed by atoms with Crippen molar-refractivity contribution in [3.63, 3.8) is 0 Å². The standard InChI is InChI=1S/C15H23N5O/c1-10(12-2-3-12)20-14(17)13(8-16)15(18-20)19-6-4-11(9-21)5-7-19/h10-12,21H,2-7,9,17H2,1H3. The maximum absolute atomic E-state index is 9.43. The number of nitrogens with zero attached hydrogens (tertiary/aromatic N) is 4. The summed E-state index contributed by atoms with van der Waals surface area (Å²) in [5, 5.41) is 23.3. The third kappa shape index (κ3) is 2.58. The SMILES string of the molecule is CC(C1CC1)n1nc(N2CCC(CO)CC2)c(C#N)c1N. The van der Waals surface area contributed by atoms with Crippen LogP contribution in [0.15, 0.2) is 0 Å². The van der Waals surface area contributed by atoms with Crippen molar-refractivity contribution in [1.82, 2.24) is 9.78 Å². The van der Waals surface area contributed by atoms with Gasteiger partial charge in [0.15, 0.2) is 5.82 Å². The van der Waals surface area contributed by atoms with Crippen LogP contribution >= 0.6 is 0 Å². The van der Waals surface area contributed by atoms with Crippen LogP contribution in [-0.2, 0) is 0 Å². The molecule has 0 amide bonds.